The first kappa shape index (κ1) is 12.2. The van der Waals surface area contributed by atoms with E-state index in [9.17, 15) is 4.79 Å². The number of benzene rings is 2. The van der Waals surface area contributed by atoms with Crippen LogP contribution in [0.3, 0.4) is 0 Å². The molecule has 18 heavy (non-hydrogen) atoms. The van der Waals surface area contributed by atoms with Crippen LogP contribution in [0, 0.1) is 6.92 Å². The zero-order valence-electron chi connectivity index (χ0n) is 10.2. The van der Waals surface area contributed by atoms with Gasteiger partial charge in [-0.1, -0.05) is 30.3 Å². The Labute approximate surface area is 106 Å². The first-order valence-electron chi connectivity index (χ1n) is 5.74. The molecule has 2 aromatic carbocycles. The number of hydrogen-bond donors (Lipinski definition) is 1. The first-order chi connectivity index (χ1) is 8.66. The Morgan fingerprint density at radius 1 is 1.17 bits per heavy atom. The van der Waals surface area contributed by atoms with Gasteiger partial charge in [0, 0.05) is 5.56 Å². The summed E-state index contributed by atoms with van der Waals surface area (Å²) in [5.41, 5.74) is 7.71. The van der Waals surface area contributed by atoms with Gasteiger partial charge >= 0.3 is 0 Å². The Hall–Kier alpha value is -2.29. The molecule has 2 N–H and O–H groups in total. The monoisotopic (exact) mass is 241 g/mol. The molecule has 0 saturated heterocycles. The molecule has 0 spiro atoms. The molecule has 0 unspecified atom stereocenters. The average molecular weight is 241 g/mol. The van der Waals surface area contributed by atoms with E-state index in [1.165, 1.54) is 0 Å². The second kappa shape index (κ2) is 5.36. The van der Waals surface area contributed by atoms with Gasteiger partial charge < -0.3 is 10.5 Å². The van der Waals surface area contributed by atoms with Crippen LogP contribution in [-0.2, 0) is 6.61 Å². The molecule has 3 heteroatoms. The van der Waals surface area contributed by atoms with Gasteiger partial charge in [0.2, 0.25) is 5.91 Å². The summed E-state index contributed by atoms with van der Waals surface area (Å²) < 4.78 is 5.66. The number of ether oxygens (including phenoxy) is 1. The molecule has 1 amide bonds. The van der Waals surface area contributed by atoms with E-state index in [2.05, 4.69) is 0 Å². The third-order valence-electron chi connectivity index (χ3n) is 2.71. The Morgan fingerprint density at radius 2 is 1.89 bits per heavy atom. The lowest BCUT2D eigenvalue weighted by atomic mass is 10.1. The number of nitrogens with two attached hydrogens (primary N) is 1. The topological polar surface area (TPSA) is 52.3 Å². The van der Waals surface area contributed by atoms with Crippen LogP contribution in [0.25, 0.3) is 0 Å². The lowest BCUT2D eigenvalue weighted by Crippen LogP contribution is -2.12. The summed E-state index contributed by atoms with van der Waals surface area (Å²) in [5, 5.41) is 0. The highest BCUT2D eigenvalue weighted by atomic mass is 16.5. The number of aryl methyl sites for hydroxylation is 1. The predicted octanol–water partition coefficient (Wildman–Crippen LogP) is 2.67. The maximum Gasteiger partial charge on any atom is 0.248 e. The molecular weight excluding hydrogens is 226 g/mol. The van der Waals surface area contributed by atoms with Gasteiger partial charge in [0.05, 0.1) is 0 Å². The minimum Gasteiger partial charge on any atom is -0.489 e. The second-order valence-electron chi connectivity index (χ2n) is 4.12. The Morgan fingerprint density at radius 3 is 2.50 bits per heavy atom. The number of amides is 1. The van der Waals surface area contributed by atoms with Crippen molar-refractivity contribution in [1.82, 2.24) is 0 Å². The van der Waals surface area contributed by atoms with Crippen molar-refractivity contribution in [2.24, 2.45) is 5.73 Å². The highest BCUT2D eigenvalue weighted by molar-refractivity contribution is 5.94. The molecule has 0 aromatic heterocycles. The van der Waals surface area contributed by atoms with E-state index < -0.39 is 5.91 Å². The fraction of sp³-hybridized carbons (Fsp3) is 0.133. The van der Waals surface area contributed by atoms with Crippen molar-refractivity contribution < 1.29 is 9.53 Å². The van der Waals surface area contributed by atoms with Gasteiger partial charge in [-0.15, -0.1) is 0 Å². The molecule has 3 nitrogen and oxygen atoms in total. The van der Waals surface area contributed by atoms with Crippen LogP contribution in [0.5, 0.6) is 5.75 Å². The normalized spacial score (nSPS) is 10.1. The fourth-order valence-corrected chi connectivity index (χ4v) is 1.74. The fourth-order valence-electron chi connectivity index (χ4n) is 1.74. The van der Waals surface area contributed by atoms with Gasteiger partial charge in [-0.05, 0) is 36.2 Å². The highest BCUT2D eigenvalue weighted by Crippen LogP contribution is 2.18. The van der Waals surface area contributed by atoms with Gasteiger partial charge in [0.1, 0.15) is 12.4 Å². The largest absolute Gasteiger partial charge is 0.489 e. The van der Waals surface area contributed by atoms with E-state index >= 15 is 0 Å². The number of hydrogen-bond acceptors (Lipinski definition) is 2. The van der Waals surface area contributed by atoms with Crippen LogP contribution in [0.1, 0.15) is 21.5 Å². The lowest BCUT2D eigenvalue weighted by molar-refractivity contribution is 0.0999. The quantitative estimate of drug-likeness (QED) is 0.894. The number of carbonyl (C=O) groups excluding carboxylic acids is 1. The molecule has 2 aromatic rings. The molecule has 0 aliphatic heterocycles. The maximum atomic E-state index is 11.1. The van der Waals surface area contributed by atoms with Crippen molar-refractivity contribution in [3.8, 4) is 5.75 Å². The van der Waals surface area contributed by atoms with E-state index in [1.54, 1.807) is 12.1 Å². The number of primary amides is 1. The number of carbonyl (C=O) groups is 1. The summed E-state index contributed by atoms with van der Waals surface area (Å²) in [5.74, 6) is 0.323. The molecule has 0 aliphatic carbocycles. The van der Waals surface area contributed by atoms with Crippen molar-refractivity contribution in [1.29, 1.82) is 0 Å². The Balaban J connectivity index is 2.07. The van der Waals surface area contributed by atoms with Gasteiger partial charge in [0.25, 0.3) is 0 Å². The van der Waals surface area contributed by atoms with Crippen LogP contribution in [0.2, 0.25) is 0 Å². The van der Waals surface area contributed by atoms with Crippen LogP contribution >= 0.6 is 0 Å². The minimum atomic E-state index is -0.415. The van der Waals surface area contributed by atoms with E-state index in [0.717, 1.165) is 16.9 Å². The molecular formula is C15H15NO2. The number of rotatable bonds is 4. The van der Waals surface area contributed by atoms with Crippen molar-refractivity contribution >= 4 is 5.91 Å². The SMILES string of the molecule is Cc1cc(OCc2ccccc2)ccc1C(N)=O. The summed E-state index contributed by atoms with van der Waals surface area (Å²) >= 11 is 0. The Bertz CT molecular complexity index is 550. The average Bonchev–Trinajstić information content (AvgIpc) is 2.37. The van der Waals surface area contributed by atoms with Crippen LogP contribution < -0.4 is 10.5 Å². The third-order valence-corrected chi connectivity index (χ3v) is 2.71. The second-order valence-corrected chi connectivity index (χ2v) is 4.12. The van der Waals surface area contributed by atoms with E-state index in [0.29, 0.717) is 12.2 Å². The van der Waals surface area contributed by atoms with Gasteiger partial charge in [-0.3, -0.25) is 4.79 Å². The molecule has 92 valence electrons. The molecule has 0 saturated carbocycles. The zero-order chi connectivity index (χ0) is 13.0. The molecule has 0 bridgehead atoms. The van der Waals surface area contributed by atoms with E-state index in [1.807, 2.05) is 43.3 Å². The van der Waals surface area contributed by atoms with E-state index in [4.69, 9.17) is 10.5 Å². The van der Waals surface area contributed by atoms with Crippen LogP contribution in [0.15, 0.2) is 48.5 Å². The van der Waals surface area contributed by atoms with Crippen LogP contribution in [0.4, 0.5) is 0 Å². The molecule has 2 rings (SSSR count). The van der Waals surface area contributed by atoms with Crippen LogP contribution in [-0.4, -0.2) is 5.91 Å². The highest BCUT2D eigenvalue weighted by Gasteiger charge is 2.05. The molecule has 0 aliphatic rings. The van der Waals surface area contributed by atoms with Gasteiger partial charge in [-0.25, -0.2) is 0 Å². The molecule has 0 fully saturated rings. The summed E-state index contributed by atoms with van der Waals surface area (Å²) in [4.78, 5) is 11.1. The van der Waals surface area contributed by atoms with Crippen molar-refractivity contribution in [3.63, 3.8) is 0 Å². The lowest BCUT2D eigenvalue weighted by Gasteiger charge is -2.08. The maximum absolute atomic E-state index is 11.1. The summed E-state index contributed by atoms with van der Waals surface area (Å²) in [6, 6.07) is 15.2. The van der Waals surface area contributed by atoms with E-state index in [-0.39, 0.29) is 0 Å². The zero-order valence-corrected chi connectivity index (χ0v) is 10.2. The summed E-state index contributed by atoms with van der Waals surface area (Å²) in [6.45, 7) is 2.35. The Kier molecular flexibility index (Phi) is 3.63. The standard InChI is InChI=1S/C15H15NO2/c1-11-9-13(7-8-14(11)15(16)17)18-10-12-5-3-2-4-6-12/h2-9H,10H2,1H3,(H2,16,17). The molecule has 0 radical (unpaired) electrons. The summed E-state index contributed by atoms with van der Waals surface area (Å²) in [6.07, 6.45) is 0. The smallest absolute Gasteiger partial charge is 0.248 e. The predicted molar refractivity (Wildman–Crippen MR) is 70.5 cm³/mol. The molecule has 0 atom stereocenters. The van der Waals surface area contributed by atoms with Gasteiger partial charge in [-0.2, -0.15) is 0 Å². The van der Waals surface area contributed by atoms with Crippen molar-refractivity contribution in [2.75, 3.05) is 0 Å². The minimum absolute atomic E-state index is 0.415. The van der Waals surface area contributed by atoms with Crippen molar-refractivity contribution in [2.45, 2.75) is 13.5 Å². The third kappa shape index (κ3) is 2.88. The molecule has 0 heterocycles. The van der Waals surface area contributed by atoms with Crippen molar-refractivity contribution in [3.05, 3.63) is 65.2 Å². The van der Waals surface area contributed by atoms with Gasteiger partial charge in [0.15, 0.2) is 0 Å². The summed E-state index contributed by atoms with van der Waals surface area (Å²) in [7, 11) is 0. The first-order valence-corrected chi connectivity index (χ1v) is 5.74.